The van der Waals surface area contributed by atoms with E-state index in [4.69, 9.17) is 23.2 Å². The SMILES string of the molecule is Cc1c(Cl)cccc1S(=O)(=O)NC(=O)c1cc(-n2cccc2)ccc1Cl. The van der Waals surface area contributed by atoms with Crippen molar-refractivity contribution >= 4 is 39.1 Å². The highest BCUT2D eigenvalue weighted by molar-refractivity contribution is 7.90. The van der Waals surface area contributed by atoms with Gasteiger partial charge in [0.15, 0.2) is 0 Å². The van der Waals surface area contributed by atoms with Crippen LogP contribution in [0, 0.1) is 6.92 Å². The summed E-state index contributed by atoms with van der Waals surface area (Å²) in [5, 5.41) is 0.449. The van der Waals surface area contributed by atoms with Crippen molar-refractivity contribution in [2.24, 2.45) is 0 Å². The molecule has 0 fully saturated rings. The summed E-state index contributed by atoms with van der Waals surface area (Å²) in [6.07, 6.45) is 3.61. The number of carbonyl (C=O) groups is 1. The van der Waals surface area contributed by atoms with E-state index in [0.29, 0.717) is 16.3 Å². The van der Waals surface area contributed by atoms with E-state index in [-0.39, 0.29) is 15.5 Å². The number of benzene rings is 2. The number of carbonyl (C=O) groups excluding carboxylic acids is 1. The standard InChI is InChI=1S/C18H14Cl2N2O3S/c1-12-15(19)5-4-6-17(12)26(24,25)21-18(23)14-11-13(7-8-16(14)20)22-9-2-3-10-22/h2-11H,1H3,(H,21,23). The van der Waals surface area contributed by atoms with Crippen LogP contribution in [0.3, 0.4) is 0 Å². The monoisotopic (exact) mass is 408 g/mol. The molecular weight excluding hydrogens is 395 g/mol. The van der Waals surface area contributed by atoms with Crippen molar-refractivity contribution in [1.29, 1.82) is 0 Å². The second-order valence-electron chi connectivity index (χ2n) is 5.55. The highest BCUT2D eigenvalue weighted by Gasteiger charge is 2.23. The average molecular weight is 409 g/mol. The predicted octanol–water partition coefficient (Wildman–Crippen LogP) is 4.21. The minimum Gasteiger partial charge on any atom is -0.324 e. The van der Waals surface area contributed by atoms with Crippen molar-refractivity contribution in [3.05, 3.63) is 82.1 Å². The molecule has 134 valence electrons. The Morgan fingerprint density at radius 1 is 1.00 bits per heavy atom. The first kappa shape index (κ1) is 18.5. The summed E-state index contributed by atoms with van der Waals surface area (Å²) < 4.78 is 29.0. The third-order valence-corrected chi connectivity index (χ3v) is 6.05. The smallest absolute Gasteiger partial charge is 0.266 e. The minimum atomic E-state index is -4.09. The maximum absolute atomic E-state index is 12.6. The van der Waals surface area contributed by atoms with E-state index in [0.717, 1.165) is 0 Å². The van der Waals surface area contributed by atoms with E-state index in [1.807, 2.05) is 12.1 Å². The summed E-state index contributed by atoms with van der Waals surface area (Å²) >= 11 is 12.1. The summed E-state index contributed by atoms with van der Waals surface area (Å²) in [4.78, 5) is 12.5. The first-order valence-corrected chi connectivity index (χ1v) is 9.78. The van der Waals surface area contributed by atoms with Crippen LogP contribution in [-0.4, -0.2) is 18.9 Å². The quantitative estimate of drug-likeness (QED) is 0.702. The Labute approximate surface area is 161 Å². The molecule has 8 heteroatoms. The third kappa shape index (κ3) is 3.62. The second kappa shape index (κ2) is 7.15. The molecule has 1 N–H and O–H groups in total. The van der Waals surface area contributed by atoms with Gasteiger partial charge in [0.2, 0.25) is 0 Å². The topological polar surface area (TPSA) is 68.2 Å². The Kier molecular flexibility index (Phi) is 5.09. The van der Waals surface area contributed by atoms with E-state index in [1.165, 1.54) is 18.2 Å². The molecular formula is C18H14Cl2N2O3S. The summed E-state index contributed by atoms with van der Waals surface area (Å²) in [7, 11) is -4.09. The molecule has 5 nitrogen and oxygen atoms in total. The maximum atomic E-state index is 12.6. The van der Waals surface area contributed by atoms with Crippen molar-refractivity contribution in [3.8, 4) is 5.69 Å². The Balaban J connectivity index is 1.95. The molecule has 3 rings (SSSR count). The zero-order valence-electron chi connectivity index (χ0n) is 13.6. The van der Waals surface area contributed by atoms with Crippen molar-refractivity contribution in [2.75, 3.05) is 0 Å². The second-order valence-corrected chi connectivity index (χ2v) is 8.02. The van der Waals surface area contributed by atoms with Gasteiger partial charge in [-0.05, 0) is 55.0 Å². The number of hydrogen-bond donors (Lipinski definition) is 1. The van der Waals surface area contributed by atoms with Gasteiger partial charge in [-0.1, -0.05) is 29.3 Å². The van der Waals surface area contributed by atoms with Crippen LogP contribution >= 0.6 is 23.2 Å². The fraction of sp³-hybridized carbons (Fsp3) is 0.0556. The van der Waals surface area contributed by atoms with Crippen molar-refractivity contribution < 1.29 is 13.2 Å². The number of amides is 1. The van der Waals surface area contributed by atoms with Crippen LogP contribution in [0.1, 0.15) is 15.9 Å². The fourth-order valence-corrected chi connectivity index (χ4v) is 4.13. The Morgan fingerprint density at radius 3 is 2.38 bits per heavy atom. The maximum Gasteiger partial charge on any atom is 0.266 e. The number of halogens is 2. The first-order valence-electron chi connectivity index (χ1n) is 7.55. The van der Waals surface area contributed by atoms with Gasteiger partial charge in [0.25, 0.3) is 15.9 Å². The van der Waals surface area contributed by atoms with Crippen molar-refractivity contribution in [2.45, 2.75) is 11.8 Å². The average Bonchev–Trinajstić information content (AvgIpc) is 3.11. The van der Waals surface area contributed by atoms with Gasteiger partial charge in [-0.2, -0.15) is 0 Å². The number of nitrogens with one attached hydrogen (secondary N) is 1. The van der Waals surface area contributed by atoms with Gasteiger partial charge in [-0.3, -0.25) is 4.79 Å². The molecule has 26 heavy (non-hydrogen) atoms. The number of aromatic nitrogens is 1. The van der Waals surface area contributed by atoms with E-state index >= 15 is 0 Å². The molecule has 1 heterocycles. The largest absolute Gasteiger partial charge is 0.324 e. The predicted molar refractivity (Wildman–Crippen MR) is 102 cm³/mol. The number of nitrogens with zero attached hydrogens (tertiary/aromatic N) is 1. The van der Waals surface area contributed by atoms with Crippen LogP contribution < -0.4 is 4.72 Å². The highest BCUT2D eigenvalue weighted by Crippen LogP contribution is 2.24. The van der Waals surface area contributed by atoms with Gasteiger partial charge in [0.1, 0.15) is 0 Å². The molecule has 0 unspecified atom stereocenters. The van der Waals surface area contributed by atoms with Crippen LogP contribution in [0.5, 0.6) is 0 Å². The Bertz CT molecular complexity index is 1080. The minimum absolute atomic E-state index is 0.0566. The lowest BCUT2D eigenvalue weighted by Crippen LogP contribution is -2.31. The summed E-state index contributed by atoms with van der Waals surface area (Å²) in [6, 6.07) is 12.9. The third-order valence-electron chi connectivity index (χ3n) is 3.83. The lowest BCUT2D eigenvalue weighted by atomic mass is 10.2. The summed E-state index contributed by atoms with van der Waals surface area (Å²) in [6.45, 7) is 1.57. The molecule has 2 aromatic carbocycles. The Morgan fingerprint density at radius 2 is 1.69 bits per heavy atom. The molecule has 0 spiro atoms. The lowest BCUT2D eigenvalue weighted by molar-refractivity contribution is 0.0981. The van der Waals surface area contributed by atoms with E-state index in [9.17, 15) is 13.2 Å². The molecule has 0 bridgehead atoms. The number of hydrogen-bond acceptors (Lipinski definition) is 3. The van der Waals surface area contributed by atoms with E-state index in [2.05, 4.69) is 4.72 Å². The number of sulfonamides is 1. The molecule has 0 aliphatic carbocycles. The van der Waals surface area contributed by atoms with Crippen LogP contribution in [0.4, 0.5) is 0 Å². The molecule has 0 aliphatic heterocycles. The van der Waals surface area contributed by atoms with Crippen LogP contribution in [0.15, 0.2) is 65.8 Å². The first-order chi connectivity index (χ1) is 12.3. The van der Waals surface area contributed by atoms with Crippen LogP contribution in [-0.2, 0) is 10.0 Å². The molecule has 0 saturated heterocycles. The van der Waals surface area contributed by atoms with E-state index < -0.39 is 15.9 Å². The van der Waals surface area contributed by atoms with Gasteiger partial charge in [0.05, 0.1) is 15.5 Å². The zero-order chi connectivity index (χ0) is 18.9. The summed E-state index contributed by atoms with van der Waals surface area (Å²) in [5.41, 5.74) is 1.10. The Hall–Kier alpha value is -2.28. The molecule has 1 aromatic heterocycles. The number of rotatable bonds is 4. The zero-order valence-corrected chi connectivity index (χ0v) is 15.9. The van der Waals surface area contributed by atoms with Crippen molar-refractivity contribution in [1.82, 2.24) is 9.29 Å². The molecule has 0 aliphatic rings. The fourth-order valence-electron chi connectivity index (χ4n) is 2.47. The molecule has 0 radical (unpaired) electrons. The van der Waals surface area contributed by atoms with Gasteiger partial charge in [0, 0.05) is 23.1 Å². The van der Waals surface area contributed by atoms with Crippen LogP contribution in [0.25, 0.3) is 5.69 Å². The van der Waals surface area contributed by atoms with Crippen LogP contribution in [0.2, 0.25) is 10.0 Å². The molecule has 0 atom stereocenters. The van der Waals surface area contributed by atoms with E-state index in [1.54, 1.807) is 42.1 Å². The van der Waals surface area contributed by atoms with Gasteiger partial charge < -0.3 is 4.57 Å². The normalized spacial score (nSPS) is 11.3. The highest BCUT2D eigenvalue weighted by atomic mass is 35.5. The van der Waals surface area contributed by atoms with Gasteiger partial charge >= 0.3 is 0 Å². The molecule has 1 amide bonds. The van der Waals surface area contributed by atoms with Gasteiger partial charge in [-0.25, -0.2) is 13.1 Å². The molecule has 0 saturated carbocycles. The lowest BCUT2D eigenvalue weighted by Gasteiger charge is -2.12. The van der Waals surface area contributed by atoms with Gasteiger partial charge in [-0.15, -0.1) is 0 Å². The summed E-state index contributed by atoms with van der Waals surface area (Å²) in [5.74, 6) is -0.816. The molecule has 3 aromatic rings. The van der Waals surface area contributed by atoms with Crippen molar-refractivity contribution in [3.63, 3.8) is 0 Å².